The van der Waals surface area contributed by atoms with E-state index in [9.17, 15) is 4.79 Å². The highest BCUT2D eigenvalue weighted by Crippen LogP contribution is 2.24. The molecule has 22 heavy (non-hydrogen) atoms. The molecule has 1 N–H and O–H groups in total. The van der Waals surface area contributed by atoms with Crippen molar-refractivity contribution in [3.05, 3.63) is 33.8 Å². The molecule has 0 bridgehead atoms. The molecule has 1 saturated heterocycles. The number of carbonyl (C=O) groups is 1. The van der Waals surface area contributed by atoms with E-state index < -0.39 is 0 Å². The van der Waals surface area contributed by atoms with E-state index in [0.717, 1.165) is 44.6 Å². The molecule has 2 rings (SSSR count). The van der Waals surface area contributed by atoms with Crippen LogP contribution in [0.15, 0.2) is 18.2 Å². The number of rotatable bonds is 5. The third-order valence-corrected chi connectivity index (χ3v) is 4.69. The smallest absolute Gasteiger partial charge is 0.224 e. The SMILES string of the molecule is CC(C)CNC(=O)C1CCCN(Cc2ccc(Cl)c(Cl)c2)C1. The maximum absolute atomic E-state index is 12.2. The largest absolute Gasteiger partial charge is 0.356 e. The fraction of sp³-hybridized carbons (Fsp3) is 0.588. The van der Waals surface area contributed by atoms with Gasteiger partial charge in [0.15, 0.2) is 0 Å². The summed E-state index contributed by atoms with van der Waals surface area (Å²) < 4.78 is 0. The Morgan fingerprint density at radius 1 is 1.36 bits per heavy atom. The second-order valence-corrected chi connectivity index (χ2v) is 7.28. The van der Waals surface area contributed by atoms with Gasteiger partial charge >= 0.3 is 0 Å². The van der Waals surface area contributed by atoms with Gasteiger partial charge in [-0.15, -0.1) is 0 Å². The molecule has 3 nitrogen and oxygen atoms in total. The molecular formula is C17H24Cl2N2O. The zero-order chi connectivity index (χ0) is 16.1. The van der Waals surface area contributed by atoms with Crippen LogP contribution in [0, 0.1) is 11.8 Å². The molecule has 0 radical (unpaired) electrons. The Kier molecular flexibility index (Phi) is 6.54. The molecule has 1 aliphatic heterocycles. The minimum absolute atomic E-state index is 0.0928. The maximum Gasteiger partial charge on any atom is 0.224 e. The quantitative estimate of drug-likeness (QED) is 0.877. The summed E-state index contributed by atoms with van der Waals surface area (Å²) in [7, 11) is 0. The third kappa shape index (κ3) is 5.15. The van der Waals surface area contributed by atoms with Crippen LogP contribution in [0.5, 0.6) is 0 Å². The van der Waals surface area contributed by atoms with Crippen molar-refractivity contribution in [3.8, 4) is 0 Å². The zero-order valence-electron chi connectivity index (χ0n) is 13.2. The second kappa shape index (κ2) is 8.19. The van der Waals surface area contributed by atoms with Crippen molar-refractivity contribution in [1.82, 2.24) is 10.2 Å². The minimum Gasteiger partial charge on any atom is -0.356 e. The first-order valence-electron chi connectivity index (χ1n) is 7.89. The zero-order valence-corrected chi connectivity index (χ0v) is 14.8. The molecule has 0 saturated carbocycles. The highest BCUT2D eigenvalue weighted by Gasteiger charge is 2.25. The molecule has 0 aromatic heterocycles. The number of nitrogens with zero attached hydrogens (tertiary/aromatic N) is 1. The molecule has 122 valence electrons. The molecule has 1 fully saturated rings. The van der Waals surface area contributed by atoms with Crippen molar-refractivity contribution < 1.29 is 4.79 Å². The van der Waals surface area contributed by atoms with Crippen molar-refractivity contribution in [2.24, 2.45) is 11.8 Å². The van der Waals surface area contributed by atoms with E-state index in [0.29, 0.717) is 16.0 Å². The predicted molar refractivity (Wildman–Crippen MR) is 92.3 cm³/mol. The highest BCUT2D eigenvalue weighted by molar-refractivity contribution is 6.42. The molecule has 1 unspecified atom stereocenters. The Morgan fingerprint density at radius 2 is 2.14 bits per heavy atom. The topological polar surface area (TPSA) is 32.3 Å². The number of benzene rings is 1. The molecule has 1 aromatic carbocycles. The summed E-state index contributed by atoms with van der Waals surface area (Å²) in [4.78, 5) is 14.5. The van der Waals surface area contributed by atoms with Gasteiger partial charge in [-0.1, -0.05) is 43.1 Å². The monoisotopic (exact) mass is 342 g/mol. The van der Waals surface area contributed by atoms with E-state index in [2.05, 4.69) is 24.1 Å². The van der Waals surface area contributed by atoms with E-state index >= 15 is 0 Å². The Hall–Kier alpha value is -0.770. The standard InChI is InChI=1S/C17H24Cl2N2O/c1-12(2)9-20-17(22)14-4-3-7-21(11-14)10-13-5-6-15(18)16(19)8-13/h5-6,8,12,14H,3-4,7,9-11H2,1-2H3,(H,20,22). The van der Waals surface area contributed by atoms with Gasteiger partial charge in [0.25, 0.3) is 0 Å². The van der Waals surface area contributed by atoms with Gasteiger partial charge in [0.1, 0.15) is 0 Å². The summed E-state index contributed by atoms with van der Waals surface area (Å²) >= 11 is 12.0. The number of nitrogens with one attached hydrogen (secondary N) is 1. The second-order valence-electron chi connectivity index (χ2n) is 6.46. The average molecular weight is 343 g/mol. The lowest BCUT2D eigenvalue weighted by Crippen LogP contribution is -2.43. The summed E-state index contributed by atoms with van der Waals surface area (Å²) in [5, 5.41) is 4.21. The van der Waals surface area contributed by atoms with Crippen LogP contribution in [0.3, 0.4) is 0 Å². The highest BCUT2D eigenvalue weighted by atomic mass is 35.5. The first-order valence-corrected chi connectivity index (χ1v) is 8.65. The average Bonchev–Trinajstić information content (AvgIpc) is 2.49. The lowest BCUT2D eigenvalue weighted by molar-refractivity contribution is -0.126. The van der Waals surface area contributed by atoms with Crippen LogP contribution < -0.4 is 5.32 Å². The van der Waals surface area contributed by atoms with Gasteiger partial charge < -0.3 is 5.32 Å². The molecular weight excluding hydrogens is 319 g/mol. The maximum atomic E-state index is 12.2. The number of piperidine rings is 1. The fourth-order valence-electron chi connectivity index (χ4n) is 2.76. The van der Waals surface area contributed by atoms with Gasteiger partial charge in [0.05, 0.1) is 16.0 Å². The molecule has 1 amide bonds. The fourth-order valence-corrected chi connectivity index (χ4v) is 3.08. The predicted octanol–water partition coefficient (Wildman–Crippen LogP) is 3.98. The number of carbonyl (C=O) groups excluding carboxylic acids is 1. The van der Waals surface area contributed by atoms with Gasteiger partial charge in [-0.25, -0.2) is 0 Å². The minimum atomic E-state index is 0.0928. The summed E-state index contributed by atoms with van der Waals surface area (Å²) in [6.45, 7) is 7.61. The molecule has 0 aliphatic carbocycles. The number of amides is 1. The van der Waals surface area contributed by atoms with Crippen LogP contribution >= 0.6 is 23.2 Å². The first kappa shape index (κ1) is 17.6. The number of halogens is 2. The third-order valence-electron chi connectivity index (χ3n) is 3.95. The van der Waals surface area contributed by atoms with Crippen molar-refractivity contribution in [2.45, 2.75) is 33.2 Å². The molecule has 5 heteroatoms. The molecule has 1 aliphatic rings. The van der Waals surface area contributed by atoms with Crippen LogP contribution in [0.25, 0.3) is 0 Å². The van der Waals surface area contributed by atoms with Crippen LogP contribution in [0.4, 0.5) is 0 Å². The van der Waals surface area contributed by atoms with E-state index in [-0.39, 0.29) is 11.8 Å². The van der Waals surface area contributed by atoms with E-state index in [1.807, 2.05) is 18.2 Å². The van der Waals surface area contributed by atoms with Crippen LogP contribution in [-0.4, -0.2) is 30.4 Å². The number of hydrogen-bond acceptors (Lipinski definition) is 2. The Morgan fingerprint density at radius 3 is 2.82 bits per heavy atom. The normalized spacial score (nSPS) is 19.4. The molecule has 0 spiro atoms. The first-order chi connectivity index (χ1) is 10.5. The van der Waals surface area contributed by atoms with Crippen LogP contribution in [0.2, 0.25) is 10.0 Å². The van der Waals surface area contributed by atoms with E-state index in [1.165, 1.54) is 0 Å². The Labute approximate surface area is 143 Å². The Balaban J connectivity index is 1.90. The molecule has 1 aromatic rings. The Bertz CT molecular complexity index is 519. The van der Waals surface area contributed by atoms with Crippen molar-refractivity contribution in [1.29, 1.82) is 0 Å². The summed E-state index contributed by atoms with van der Waals surface area (Å²) in [5.74, 6) is 0.766. The molecule has 1 atom stereocenters. The molecule has 1 heterocycles. The van der Waals surface area contributed by atoms with Gasteiger partial charge in [-0.3, -0.25) is 9.69 Å². The van der Waals surface area contributed by atoms with E-state index in [1.54, 1.807) is 0 Å². The van der Waals surface area contributed by atoms with E-state index in [4.69, 9.17) is 23.2 Å². The lowest BCUT2D eigenvalue weighted by atomic mass is 9.96. The lowest BCUT2D eigenvalue weighted by Gasteiger charge is -2.32. The van der Waals surface area contributed by atoms with Crippen molar-refractivity contribution >= 4 is 29.1 Å². The number of hydrogen-bond donors (Lipinski definition) is 1. The van der Waals surface area contributed by atoms with Gasteiger partial charge in [-0.2, -0.15) is 0 Å². The van der Waals surface area contributed by atoms with Gasteiger partial charge in [-0.05, 0) is 43.0 Å². The van der Waals surface area contributed by atoms with Crippen LogP contribution in [-0.2, 0) is 11.3 Å². The van der Waals surface area contributed by atoms with Crippen molar-refractivity contribution in [3.63, 3.8) is 0 Å². The summed E-state index contributed by atoms with van der Waals surface area (Å²) in [6.07, 6.45) is 2.03. The van der Waals surface area contributed by atoms with Gasteiger partial charge in [0.2, 0.25) is 5.91 Å². The number of likely N-dealkylation sites (tertiary alicyclic amines) is 1. The van der Waals surface area contributed by atoms with Crippen molar-refractivity contribution in [2.75, 3.05) is 19.6 Å². The summed E-state index contributed by atoms with van der Waals surface area (Å²) in [5.41, 5.74) is 1.14. The summed E-state index contributed by atoms with van der Waals surface area (Å²) in [6, 6.07) is 5.74. The van der Waals surface area contributed by atoms with Gasteiger partial charge in [0, 0.05) is 19.6 Å². The van der Waals surface area contributed by atoms with Crippen LogP contribution in [0.1, 0.15) is 32.3 Å².